The summed E-state index contributed by atoms with van der Waals surface area (Å²) in [6, 6.07) is 3.60. The molecule has 1 atom stereocenters. The second-order valence-electron chi connectivity index (χ2n) is 4.66. The van der Waals surface area contributed by atoms with Gasteiger partial charge in [-0.25, -0.2) is 0 Å². The number of nitrogens with zero attached hydrogens (tertiary/aromatic N) is 1. The molecule has 1 aliphatic rings. The van der Waals surface area contributed by atoms with Crippen molar-refractivity contribution in [2.45, 2.75) is 19.4 Å². The summed E-state index contributed by atoms with van der Waals surface area (Å²) >= 11 is 0. The van der Waals surface area contributed by atoms with Crippen molar-refractivity contribution < 1.29 is 23.8 Å². The van der Waals surface area contributed by atoms with Gasteiger partial charge in [-0.1, -0.05) is 0 Å². The SMILES string of the molecule is Cc1ccc(/C=C/C(=O)N2CCOC(CC(=O)O)C2)o1. The van der Waals surface area contributed by atoms with Gasteiger partial charge in [0.2, 0.25) is 5.91 Å². The van der Waals surface area contributed by atoms with E-state index in [1.165, 1.54) is 6.08 Å². The number of carboxylic acids is 1. The van der Waals surface area contributed by atoms with Gasteiger partial charge in [0.05, 0.1) is 19.1 Å². The molecule has 108 valence electrons. The van der Waals surface area contributed by atoms with Crippen molar-refractivity contribution in [3.05, 3.63) is 29.7 Å². The number of morpholine rings is 1. The van der Waals surface area contributed by atoms with Crippen LogP contribution in [-0.2, 0) is 14.3 Å². The third-order valence-electron chi connectivity index (χ3n) is 3.00. The zero-order valence-corrected chi connectivity index (χ0v) is 11.2. The second-order valence-corrected chi connectivity index (χ2v) is 4.66. The van der Waals surface area contributed by atoms with Crippen LogP contribution in [0.1, 0.15) is 17.9 Å². The first kappa shape index (κ1) is 14.3. The fraction of sp³-hybridized carbons (Fsp3) is 0.429. The molecule has 1 saturated heterocycles. The Bertz CT molecular complexity index is 519. The Morgan fingerprint density at radius 1 is 1.50 bits per heavy atom. The normalized spacial score (nSPS) is 19.4. The van der Waals surface area contributed by atoms with Crippen LogP contribution in [-0.4, -0.2) is 47.7 Å². The van der Waals surface area contributed by atoms with Crippen LogP contribution in [0.15, 0.2) is 22.6 Å². The van der Waals surface area contributed by atoms with Crippen molar-refractivity contribution in [3.63, 3.8) is 0 Å². The molecule has 1 N–H and O–H groups in total. The number of amides is 1. The molecule has 1 aliphatic heterocycles. The molecular weight excluding hydrogens is 262 g/mol. The molecule has 0 saturated carbocycles. The van der Waals surface area contributed by atoms with Crippen molar-refractivity contribution in [1.82, 2.24) is 4.90 Å². The van der Waals surface area contributed by atoms with Gasteiger partial charge in [-0.3, -0.25) is 9.59 Å². The Morgan fingerprint density at radius 3 is 2.95 bits per heavy atom. The van der Waals surface area contributed by atoms with E-state index >= 15 is 0 Å². The number of carbonyl (C=O) groups is 2. The number of carbonyl (C=O) groups excluding carboxylic acids is 1. The highest BCUT2D eigenvalue weighted by Crippen LogP contribution is 2.11. The number of aliphatic carboxylic acids is 1. The predicted molar refractivity (Wildman–Crippen MR) is 71.1 cm³/mol. The number of ether oxygens (including phenoxy) is 1. The Morgan fingerprint density at radius 2 is 2.30 bits per heavy atom. The van der Waals surface area contributed by atoms with Crippen LogP contribution in [0.5, 0.6) is 0 Å². The van der Waals surface area contributed by atoms with E-state index < -0.39 is 12.1 Å². The third kappa shape index (κ3) is 3.96. The number of hydrogen-bond acceptors (Lipinski definition) is 4. The molecule has 0 spiro atoms. The topological polar surface area (TPSA) is 80.0 Å². The molecule has 6 nitrogen and oxygen atoms in total. The number of carboxylic acid groups (broad SMARTS) is 1. The molecular formula is C14H17NO5. The molecule has 0 radical (unpaired) electrons. The van der Waals surface area contributed by atoms with Gasteiger partial charge in [0.15, 0.2) is 0 Å². The van der Waals surface area contributed by atoms with Crippen LogP contribution >= 0.6 is 0 Å². The Kier molecular flexibility index (Phi) is 4.57. The highest BCUT2D eigenvalue weighted by atomic mass is 16.5. The summed E-state index contributed by atoms with van der Waals surface area (Å²) in [6.07, 6.45) is 2.51. The molecule has 2 rings (SSSR count). The standard InChI is InChI=1S/C14H17NO5/c1-10-2-3-11(20-10)4-5-13(16)15-6-7-19-12(9-15)8-14(17)18/h2-5,12H,6-9H2,1H3,(H,17,18)/b5-4+. The third-order valence-corrected chi connectivity index (χ3v) is 3.00. The number of rotatable bonds is 4. The second kappa shape index (κ2) is 6.38. The van der Waals surface area contributed by atoms with Crippen molar-refractivity contribution in [2.24, 2.45) is 0 Å². The van der Waals surface area contributed by atoms with Gasteiger partial charge < -0.3 is 19.2 Å². The minimum atomic E-state index is -0.925. The summed E-state index contributed by atoms with van der Waals surface area (Å²) in [7, 11) is 0. The highest BCUT2D eigenvalue weighted by molar-refractivity contribution is 5.91. The van der Waals surface area contributed by atoms with E-state index in [0.29, 0.717) is 25.5 Å². The molecule has 1 unspecified atom stereocenters. The maximum Gasteiger partial charge on any atom is 0.306 e. The lowest BCUT2D eigenvalue weighted by atomic mass is 10.2. The van der Waals surface area contributed by atoms with Crippen LogP contribution < -0.4 is 0 Å². The Labute approximate surface area is 116 Å². The van der Waals surface area contributed by atoms with E-state index in [4.69, 9.17) is 14.3 Å². The van der Waals surface area contributed by atoms with Gasteiger partial charge in [-0.2, -0.15) is 0 Å². The quantitative estimate of drug-likeness (QED) is 0.840. The first-order valence-corrected chi connectivity index (χ1v) is 6.41. The molecule has 0 aliphatic carbocycles. The van der Waals surface area contributed by atoms with Crippen LogP contribution in [0.4, 0.5) is 0 Å². The zero-order valence-electron chi connectivity index (χ0n) is 11.2. The van der Waals surface area contributed by atoms with Gasteiger partial charge in [0.25, 0.3) is 0 Å². The van der Waals surface area contributed by atoms with E-state index in [2.05, 4.69) is 0 Å². The minimum Gasteiger partial charge on any atom is -0.481 e. The van der Waals surface area contributed by atoms with Crippen molar-refractivity contribution >= 4 is 18.0 Å². The van der Waals surface area contributed by atoms with E-state index in [1.807, 2.05) is 13.0 Å². The maximum absolute atomic E-state index is 12.0. The molecule has 1 fully saturated rings. The molecule has 1 aromatic heterocycles. The van der Waals surface area contributed by atoms with Gasteiger partial charge in [0, 0.05) is 19.2 Å². The summed E-state index contributed by atoms with van der Waals surface area (Å²) in [5, 5.41) is 8.74. The summed E-state index contributed by atoms with van der Waals surface area (Å²) in [5.74, 6) is 0.305. The number of hydrogen-bond donors (Lipinski definition) is 1. The molecule has 0 aromatic carbocycles. The predicted octanol–water partition coefficient (Wildman–Crippen LogP) is 1.30. The lowest BCUT2D eigenvalue weighted by Gasteiger charge is -2.31. The van der Waals surface area contributed by atoms with Gasteiger partial charge in [-0.05, 0) is 25.1 Å². The Hall–Kier alpha value is -2.08. The van der Waals surface area contributed by atoms with Crippen LogP contribution in [0.25, 0.3) is 6.08 Å². The van der Waals surface area contributed by atoms with Gasteiger partial charge >= 0.3 is 5.97 Å². The van der Waals surface area contributed by atoms with Crippen molar-refractivity contribution in [1.29, 1.82) is 0 Å². The first-order valence-electron chi connectivity index (χ1n) is 6.41. The van der Waals surface area contributed by atoms with Crippen molar-refractivity contribution in [2.75, 3.05) is 19.7 Å². The lowest BCUT2D eigenvalue weighted by molar-refractivity contribution is -0.145. The number of aryl methyl sites for hydroxylation is 1. The van der Waals surface area contributed by atoms with Gasteiger partial charge in [-0.15, -0.1) is 0 Å². The monoisotopic (exact) mass is 279 g/mol. The summed E-state index contributed by atoms with van der Waals surface area (Å²) in [4.78, 5) is 24.2. The van der Waals surface area contributed by atoms with Gasteiger partial charge in [0.1, 0.15) is 11.5 Å². The fourth-order valence-electron chi connectivity index (χ4n) is 2.04. The lowest BCUT2D eigenvalue weighted by Crippen LogP contribution is -2.45. The molecule has 2 heterocycles. The maximum atomic E-state index is 12.0. The first-order chi connectivity index (χ1) is 9.54. The smallest absolute Gasteiger partial charge is 0.306 e. The zero-order chi connectivity index (χ0) is 14.5. The average Bonchev–Trinajstić information content (AvgIpc) is 2.81. The molecule has 0 bridgehead atoms. The van der Waals surface area contributed by atoms with E-state index in [0.717, 1.165) is 5.76 Å². The van der Waals surface area contributed by atoms with Crippen LogP contribution in [0.3, 0.4) is 0 Å². The largest absolute Gasteiger partial charge is 0.481 e. The average molecular weight is 279 g/mol. The van der Waals surface area contributed by atoms with E-state index in [9.17, 15) is 9.59 Å². The molecule has 1 aromatic rings. The highest BCUT2D eigenvalue weighted by Gasteiger charge is 2.24. The molecule has 6 heteroatoms. The van der Waals surface area contributed by atoms with E-state index in [-0.39, 0.29) is 12.3 Å². The number of furan rings is 1. The fourth-order valence-corrected chi connectivity index (χ4v) is 2.04. The van der Waals surface area contributed by atoms with Crippen molar-refractivity contribution in [3.8, 4) is 0 Å². The minimum absolute atomic E-state index is 0.0924. The summed E-state index contributed by atoms with van der Waals surface area (Å²) in [5.41, 5.74) is 0. The summed E-state index contributed by atoms with van der Waals surface area (Å²) < 4.78 is 10.7. The van der Waals surface area contributed by atoms with E-state index in [1.54, 1.807) is 17.0 Å². The van der Waals surface area contributed by atoms with Crippen LogP contribution in [0, 0.1) is 6.92 Å². The molecule has 20 heavy (non-hydrogen) atoms. The summed E-state index contributed by atoms with van der Waals surface area (Å²) in [6.45, 7) is 2.96. The Balaban J connectivity index is 1.91. The molecule has 1 amide bonds. The van der Waals surface area contributed by atoms with Crippen LogP contribution in [0.2, 0.25) is 0 Å².